The molecule has 2 rings (SSSR count). The summed E-state index contributed by atoms with van der Waals surface area (Å²) in [7, 11) is 0. The number of carbonyl (C=O) groups excluding carboxylic acids is 2. The van der Waals surface area contributed by atoms with E-state index in [1.54, 1.807) is 22.9 Å². The van der Waals surface area contributed by atoms with Crippen LogP contribution in [-0.2, 0) is 9.59 Å². The Morgan fingerprint density at radius 2 is 2.17 bits per heavy atom. The fraction of sp³-hybridized carbons (Fsp3) is 0.588. The van der Waals surface area contributed by atoms with Gasteiger partial charge in [0.1, 0.15) is 6.04 Å². The molecule has 0 radical (unpaired) electrons. The molecule has 1 saturated heterocycles. The van der Waals surface area contributed by atoms with Crippen LogP contribution in [0.15, 0.2) is 24.4 Å². The lowest BCUT2D eigenvalue weighted by molar-refractivity contribution is -0.139. The molecule has 1 fully saturated rings. The molecule has 0 aliphatic carbocycles. The minimum Gasteiger partial charge on any atom is -0.346 e. The van der Waals surface area contributed by atoms with Gasteiger partial charge >= 0.3 is 0 Å². The minimum absolute atomic E-state index is 0.0492. The number of aromatic nitrogens is 1. The molecule has 0 spiro atoms. The van der Waals surface area contributed by atoms with Crippen LogP contribution in [0.3, 0.4) is 0 Å². The van der Waals surface area contributed by atoms with Crippen LogP contribution in [0, 0.1) is 5.41 Å². The van der Waals surface area contributed by atoms with Gasteiger partial charge in [-0.25, -0.2) is 0 Å². The number of nitrogens with zero attached hydrogens (tertiary/aromatic N) is 2. The van der Waals surface area contributed by atoms with Gasteiger partial charge in [-0.2, -0.15) is 0 Å². The SMILES string of the molecule is CC(NC(=O)C1CSCN1C(=O)CC(C)(C)C)c1ccccn1. The molecule has 2 unspecified atom stereocenters. The molecule has 23 heavy (non-hydrogen) atoms. The van der Waals surface area contributed by atoms with Gasteiger partial charge in [-0.05, 0) is 24.5 Å². The molecule has 2 amide bonds. The van der Waals surface area contributed by atoms with Crippen molar-refractivity contribution in [3.8, 4) is 0 Å². The Kier molecular flexibility index (Phi) is 5.68. The number of pyridine rings is 1. The fourth-order valence-corrected chi connectivity index (χ4v) is 3.66. The summed E-state index contributed by atoms with van der Waals surface area (Å²) < 4.78 is 0. The van der Waals surface area contributed by atoms with E-state index in [1.165, 1.54) is 0 Å². The Balaban J connectivity index is 1.99. The van der Waals surface area contributed by atoms with Gasteiger partial charge < -0.3 is 10.2 Å². The van der Waals surface area contributed by atoms with Gasteiger partial charge in [-0.1, -0.05) is 26.8 Å². The summed E-state index contributed by atoms with van der Waals surface area (Å²) in [5, 5.41) is 2.98. The largest absolute Gasteiger partial charge is 0.346 e. The second kappa shape index (κ2) is 7.34. The molecule has 1 aliphatic rings. The Hall–Kier alpha value is -1.56. The van der Waals surface area contributed by atoms with E-state index in [-0.39, 0.29) is 29.3 Å². The summed E-state index contributed by atoms with van der Waals surface area (Å²) >= 11 is 1.62. The van der Waals surface area contributed by atoms with Gasteiger partial charge in [0.2, 0.25) is 11.8 Å². The number of thioether (sulfide) groups is 1. The first-order valence-electron chi connectivity index (χ1n) is 7.86. The molecule has 1 aromatic heterocycles. The van der Waals surface area contributed by atoms with E-state index in [1.807, 2.05) is 45.9 Å². The van der Waals surface area contributed by atoms with Gasteiger partial charge in [0.15, 0.2) is 0 Å². The standard InChI is InChI=1S/C17H25N3O2S/c1-12(13-7-5-6-8-18-13)19-16(22)14-10-23-11-20(14)15(21)9-17(2,3)4/h5-8,12,14H,9-11H2,1-4H3,(H,19,22). The lowest BCUT2D eigenvalue weighted by Gasteiger charge is -2.27. The van der Waals surface area contributed by atoms with E-state index in [0.717, 1.165) is 5.69 Å². The lowest BCUT2D eigenvalue weighted by Crippen LogP contribution is -2.48. The Morgan fingerprint density at radius 1 is 1.43 bits per heavy atom. The number of hydrogen-bond acceptors (Lipinski definition) is 4. The topological polar surface area (TPSA) is 62.3 Å². The highest BCUT2D eigenvalue weighted by Gasteiger charge is 2.36. The average Bonchev–Trinajstić information content (AvgIpc) is 2.96. The molecule has 1 N–H and O–H groups in total. The van der Waals surface area contributed by atoms with Crippen molar-refractivity contribution in [2.45, 2.75) is 46.2 Å². The van der Waals surface area contributed by atoms with E-state index in [2.05, 4.69) is 10.3 Å². The van der Waals surface area contributed by atoms with E-state index < -0.39 is 0 Å². The zero-order valence-corrected chi connectivity index (χ0v) is 15.0. The minimum atomic E-state index is -0.388. The van der Waals surface area contributed by atoms with Gasteiger partial charge in [0.25, 0.3) is 0 Å². The Labute approximate surface area is 142 Å². The molecule has 126 valence electrons. The van der Waals surface area contributed by atoms with Crippen LogP contribution in [0.5, 0.6) is 0 Å². The lowest BCUT2D eigenvalue weighted by atomic mass is 9.91. The summed E-state index contributed by atoms with van der Waals surface area (Å²) in [5.41, 5.74) is 0.742. The highest BCUT2D eigenvalue weighted by atomic mass is 32.2. The van der Waals surface area contributed by atoms with E-state index in [9.17, 15) is 9.59 Å². The van der Waals surface area contributed by atoms with Crippen molar-refractivity contribution in [3.63, 3.8) is 0 Å². The van der Waals surface area contributed by atoms with Crippen LogP contribution in [0.1, 0.15) is 45.9 Å². The van der Waals surface area contributed by atoms with Gasteiger partial charge in [0, 0.05) is 18.4 Å². The monoisotopic (exact) mass is 335 g/mol. The number of amides is 2. The van der Waals surface area contributed by atoms with E-state index >= 15 is 0 Å². The van der Waals surface area contributed by atoms with Crippen LogP contribution in [0.4, 0.5) is 0 Å². The highest BCUT2D eigenvalue weighted by molar-refractivity contribution is 7.99. The first kappa shape index (κ1) is 17.8. The number of rotatable bonds is 4. The predicted octanol–water partition coefficient (Wildman–Crippen LogP) is 2.60. The maximum Gasteiger partial charge on any atom is 0.244 e. The van der Waals surface area contributed by atoms with Crippen molar-refractivity contribution in [3.05, 3.63) is 30.1 Å². The molecular weight excluding hydrogens is 310 g/mol. The molecule has 0 aromatic carbocycles. The summed E-state index contributed by atoms with van der Waals surface area (Å²) in [6.45, 7) is 8.01. The summed E-state index contributed by atoms with van der Waals surface area (Å²) in [4.78, 5) is 31.0. The second-order valence-electron chi connectivity index (χ2n) is 7.10. The zero-order chi connectivity index (χ0) is 17.0. The zero-order valence-electron chi connectivity index (χ0n) is 14.2. The molecule has 1 aliphatic heterocycles. The third-order valence-electron chi connectivity index (χ3n) is 3.68. The number of nitrogens with one attached hydrogen (secondary N) is 1. The van der Waals surface area contributed by atoms with E-state index in [0.29, 0.717) is 18.1 Å². The van der Waals surface area contributed by atoms with Gasteiger partial charge in [-0.15, -0.1) is 11.8 Å². The molecule has 2 atom stereocenters. The van der Waals surface area contributed by atoms with Gasteiger partial charge in [0.05, 0.1) is 17.6 Å². The number of hydrogen-bond donors (Lipinski definition) is 1. The number of carbonyl (C=O) groups is 2. The summed E-state index contributed by atoms with van der Waals surface area (Å²) in [6, 6.07) is 5.07. The maximum absolute atomic E-state index is 12.6. The van der Waals surface area contributed by atoms with Crippen LogP contribution in [-0.4, -0.2) is 39.4 Å². The molecular formula is C17H25N3O2S. The van der Waals surface area contributed by atoms with Crippen molar-refractivity contribution in [2.24, 2.45) is 5.41 Å². The van der Waals surface area contributed by atoms with Crippen LogP contribution < -0.4 is 5.32 Å². The Morgan fingerprint density at radius 3 is 2.78 bits per heavy atom. The summed E-state index contributed by atoms with van der Waals surface area (Å²) in [5.74, 6) is 1.19. The second-order valence-corrected chi connectivity index (χ2v) is 8.10. The molecule has 2 heterocycles. The van der Waals surface area contributed by atoms with Gasteiger partial charge in [-0.3, -0.25) is 14.6 Å². The highest BCUT2D eigenvalue weighted by Crippen LogP contribution is 2.27. The molecule has 1 aromatic rings. The fourth-order valence-electron chi connectivity index (χ4n) is 2.48. The third kappa shape index (κ3) is 4.96. The van der Waals surface area contributed by atoms with Crippen molar-refractivity contribution in [1.82, 2.24) is 15.2 Å². The normalized spacial score (nSPS) is 19.5. The van der Waals surface area contributed by atoms with Crippen molar-refractivity contribution in [1.29, 1.82) is 0 Å². The molecule has 5 nitrogen and oxygen atoms in total. The van der Waals surface area contributed by atoms with Crippen LogP contribution in [0.2, 0.25) is 0 Å². The third-order valence-corrected chi connectivity index (χ3v) is 4.69. The van der Waals surface area contributed by atoms with E-state index in [4.69, 9.17) is 0 Å². The van der Waals surface area contributed by atoms with Crippen molar-refractivity contribution >= 4 is 23.6 Å². The van der Waals surface area contributed by atoms with Crippen LogP contribution in [0.25, 0.3) is 0 Å². The Bertz CT molecular complexity index is 557. The first-order chi connectivity index (χ1) is 10.8. The van der Waals surface area contributed by atoms with Crippen molar-refractivity contribution < 1.29 is 9.59 Å². The molecule has 0 bridgehead atoms. The smallest absolute Gasteiger partial charge is 0.244 e. The first-order valence-corrected chi connectivity index (χ1v) is 9.02. The molecule has 6 heteroatoms. The average molecular weight is 335 g/mol. The summed E-state index contributed by atoms with van der Waals surface area (Å²) in [6.07, 6.45) is 2.16. The molecule has 0 saturated carbocycles. The quantitative estimate of drug-likeness (QED) is 0.919. The van der Waals surface area contributed by atoms with Crippen molar-refractivity contribution in [2.75, 3.05) is 11.6 Å². The maximum atomic E-state index is 12.6. The van der Waals surface area contributed by atoms with Crippen LogP contribution >= 0.6 is 11.8 Å². The predicted molar refractivity (Wildman–Crippen MR) is 92.8 cm³/mol.